The molecule has 2 rings (SSSR count). The maximum atomic E-state index is 12.6. The average molecular weight is 278 g/mol. The first-order valence-corrected chi connectivity index (χ1v) is 7.16. The molecular formula is C15H22N2O3. The highest BCUT2D eigenvalue weighted by atomic mass is 16.3. The van der Waals surface area contributed by atoms with E-state index in [1.165, 1.54) is 24.6 Å². The zero-order valence-corrected chi connectivity index (χ0v) is 11.6. The Kier molecular flexibility index (Phi) is 4.84. The second-order valence-electron chi connectivity index (χ2n) is 5.28. The molecule has 1 aromatic rings. The van der Waals surface area contributed by atoms with Crippen molar-refractivity contribution in [2.45, 2.75) is 38.1 Å². The molecule has 5 nitrogen and oxygen atoms in total. The topological polar surface area (TPSA) is 86.8 Å². The van der Waals surface area contributed by atoms with Gasteiger partial charge in [-0.2, -0.15) is 0 Å². The van der Waals surface area contributed by atoms with E-state index >= 15 is 0 Å². The van der Waals surface area contributed by atoms with Crippen LogP contribution in [-0.4, -0.2) is 40.2 Å². The highest BCUT2D eigenvalue weighted by Crippen LogP contribution is 2.28. The van der Waals surface area contributed by atoms with Crippen molar-refractivity contribution in [3.8, 4) is 11.5 Å². The van der Waals surface area contributed by atoms with Crippen molar-refractivity contribution in [3.63, 3.8) is 0 Å². The molecule has 0 heterocycles. The molecule has 4 N–H and O–H groups in total. The number of rotatable bonds is 4. The Balaban J connectivity index is 2.21. The quantitative estimate of drug-likeness (QED) is 0.784. The number of benzene rings is 1. The van der Waals surface area contributed by atoms with Gasteiger partial charge in [-0.15, -0.1) is 0 Å². The van der Waals surface area contributed by atoms with Crippen LogP contribution in [0, 0.1) is 0 Å². The van der Waals surface area contributed by atoms with Crippen molar-refractivity contribution in [3.05, 3.63) is 23.8 Å². The number of phenolic OH excluding ortho intramolecular Hbond substituents is 2. The minimum Gasteiger partial charge on any atom is -0.508 e. The molecule has 1 saturated carbocycles. The van der Waals surface area contributed by atoms with Crippen molar-refractivity contribution >= 4 is 5.91 Å². The van der Waals surface area contributed by atoms with E-state index in [1.807, 2.05) is 0 Å². The summed E-state index contributed by atoms with van der Waals surface area (Å²) < 4.78 is 0. The third-order valence-electron chi connectivity index (χ3n) is 3.86. The van der Waals surface area contributed by atoms with Gasteiger partial charge in [0.2, 0.25) is 0 Å². The lowest BCUT2D eigenvalue weighted by molar-refractivity contribution is 0.0638. The van der Waals surface area contributed by atoms with Gasteiger partial charge >= 0.3 is 0 Å². The summed E-state index contributed by atoms with van der Waals surface area (Å²) in [6, 6.07) is 4.26. The fraction of sp³-hybridized carbons (Fsp3) is 0.533. The Morgan fingerprint density at radius 2 is 1.95 bits per heavy atom. The maximum Gasteiger partial charge on any atom is 0.257 e. The highest BCUT2D eigenvalue weighted by molar-refractivity contribution is 5.97. The fourth-order valence-corrected chi connectivity index (χ4v) is 2.84. The van der Waals surface area contributed by atoms with E-state index in [9.17, 15) is 15.0 Å². The molecule has 20 heavy (non-hydrogen) atoms. The molecule has 0 radical (unpaired) electrons. The maximum absolute atomic E-state index is 12.6. The summed E-state index contributed by atoms with van der Waals surface area (Å²) in [5.41, 5.74) is 5.84. The number of hydrogen-bond acceptors (Lipinski definition) is 4. The SMILES string of the molecule is NCCN(C(=O)c1ccc(O)cc1O)C1CCCCC1. The van der Waals surface area contributed by atoms with Gasteiger partial charge in [0, 0.05) is 25.2 Å². The van der Waals surface area contributed by atoms with Gasteiger partial charge in [-0.25, -0.2) is 0 Å². The second kappa shape index (κ2) is 6.61. The molecular weight excluding hydrogens is 256 g/mol. The third kappa shape index (κ3) is 3.22. The number of carbonyl (C=O) groups is 1. The van der Waals surface area contributed by atoms with E-state index in [1.54, 1.807) is 4.90 Å². The van der Waals surface area contributed by atoms with Crippen LogP contribution in [0.15, 0.2) is 18.2 Å². The van der Waals surface area contributed by atoms with Crippen LogP contribution in [0.4, 0.5) is 0 Å². The molecule has 0 unspecified atom stereocenters. The Bertz CT molecular complexity index is 470. The third-order valence-corrected chi connectivity index (χ3v) is 3.86. The summed E-state index contributed by atoms with van der Waals surface area (Å²) >= 11 is 0. The number of aromatic hydroxyl groups is 2. The normalized spacial score (nSPS) is 16.1. The van der Waals surface area contributed by atoms with Gasteiger partial charge in [-0.05, 0) is 25.0 Å². The zero-order chi connectivity index (χ0) is 14.5. The average Bonchev–Trinajstić information content (AvgIpc) is 2.45. The number of carbonyl (C=O) groups excluding carboxylic acids is 1. The predicted octanol–water partition coefficient (Wildman–Crippen LogP) is 1.83. The molecule has 0 aliphatic heterocycles. The van der Waals surface area contributed by atoms with Crippen molar-refractivity contribution < 1.29 is 15.0 Å². The molecule has 0 saturated heterocycles. The molecule has 0 aromatic heterocycles. The monoisotopic (exact) mass is 278 g/mol. The Morgan fingerprint density at radius 1 is 1.25 bits per heavy atom. The summed E-state index contributed by atoms with van der Waals surface area (Å²) in [5.74, 6) is -0.449. The van der Waals surface area contributed by atoms with Crippen LogP contribution < -0.4 is 5.73 Å². The lowest BCUT2D eigenvalue weighted by Crippen LogP contribution is -2.44. The van der Waals surface area contributed by atoms with E-state index in [-0.39, 0.29) is 29.0 Å². The number of hydrogen-bond donors (Lipinski definition) is 3. The Labute approximate surface area is 119 Å². The summed E-state index contributed by atoms with van der Waals surface area (Å²) in [6.45, 7) is 0.894. The number of nitrogens with two attached hydrogens (primary N) is 1. The standard InChI is InChI=1S/C15H22N2O3/c16-8-9-17(11-4-2-1-3-5-11)15(20)13-7-6-12(18)10-14(13)19/h6-7,10-11,18-19H,1-5,8-9,16H2. The molecule has 1 amide bonds. The smallest absolute Gasteiger partial charge is 0.257 e. The van der Waals surface area contributed by atoms with E-state index < -0.39 is 0 Å². The van der Waals surface area contributed by atoms with Gasteiger partial charge in [0.25, 0.3) is 5.91 Å². The predicted molar refractivity (Wildman–Crippen MR) is 76.7 cm³/mol. The van der Waals surface area contributed by atoms with Gasteiger partial charge < -0.3 is 20.8 Å². The molecule has 1 fully saturated rings. The van der Waals surface area contributed by atoms with Crippen LogP contribution in [-0.2, 0) is 0 Å². The van der Waals surface area contributed by atoms with Gasteiger partial charge in [0.1, 0.15) is 11.5 Å². The van der Waals surface area contributed by atoms with Crippen LogP contribution in [0.3, 0.4) is 0 Å². The largest absolute Gasteiger partial charge is 0.508 e. The van der Waals surface area contributed by atoms with Gasteiger partial charge in [-0.3, -0.25) is 4.79 Å². The van der Waals surface area contributed by atoms with Crippen molar-refractivity contribution in [1.29, 1.82) is 0 Å². The van der Waals surface area contributed by atoms with Crippen LogP contribution in [0.1, 0.15) is 42.5 Å². The lowest BCUT2D eigenvalue weighted by Gasteiger charge is -2.34. The first-order chi connectivity index (χ1) is 9.63. The summed E-state index contributed by atoms with van der Waals surface area (Å²) in [6.07, 6.45) is 5.45. The van der Waals surface area contributed by atoms with Crippen LogP contribution >= 0.6 is 0 Å². The molecule has 0 atom stereocenters. The molecule has 1 aliphatic rings. The van der Waals surface area contributed by atoms with Gasteiger partial charge in [0.05, 0.1) is 5.56 Å². The molecule has 110 valence electrons. The van der Waals surface area contributed by atoms with Crippen molar-refractivity contribution in [2.75, 3.05) is 13.1 Å². The molecule has 0 bridgehead atoms. The number of phenols is 2. The number of nitrogens with zero attached hydrogens (tertiary/aromatic N) is 1. The van der Waals surface area contributed by atoms with E-state index in [4.69, 9.17) is 5.73 Å². The minimum atomic E-state index is -0.208. The van der Waals surface area contributed by atoms with Crippen LogP contribution in [0.25, 0.3) is 0 Å². The molecule has 5 heteroatoms. The first kappa shape index (κ1) is 14.7. The van der Waals surface area contributed by atoms with Crippen LogP contribution in [0.5, 0.6) is 11.5 Å². The number of amides is 1. The summed E-state index contributed by atoms with van der Waals surface area (Å²) in [4.78, 5) is 14.4. The van der Waals surface area contributed by atoms with Gasteiger partial charge in [-0.1, -0.05) is 19.3 Å². The van der Waals surface area contributed by atoms with E-state index in [0.717, 1.165) is 25.7 Å². The zero-order valence-electron chi connectivity index (χ0n) is 11.6. The van der Waals surface area contributed by atoms with Gasteiger partial charge in [0.15, 0.2) is 0 Å². The Hall–Kier alpha value is -1.75. The minimum absolute atomic E-state index is 0.0536. The van der Waals surface area contributed by atoms with Crippen LogP contribution in [0.2, 0.25) is 0 Å². The van der Waals surface area contributed by atoms with E-state index in [2.05, 4.69) is 0 Å². The fourth-order valence-electron chi connectivity index (χ4n) is 2.84. The molecule has 1 aliphatic carbocycles. The second-order valence-corrected chi connectivity index (χ2v) is 5.28. The molecule has 0 spiro atoms. The lowest BCUT2D eigenvalue weighted by atomic mass is 9.93. The van der Waals surface area contributed by atoms with E-state index in [0.29, 0.717) is 13.1 Å². The molecule has 1 aromatic carbocycles. The Morgan fingerprint density at radius 3 is 2.55 bits per heavy atom. The van der Waals surface area contributed by atoms with Crippen molar-refractivity contribution in [2.24, 2.45) is 5.73 Å². The first-order valence-electron chi connectivity index (χ1n) is 7.16. The summed E-state index contributed by atoms with van der Waals surface area (Å²) in [5, 5.41) is 19.1. The summed E-state index contributed by atoms with van der Waals surface area (Å²) in [7, 11) is 0. The van der Waals surface area contributed by atoms with Crippen molar-refractivity contribution in [1.82, 2.24) is 4.90 Å². The highest BCUT2D eigenvalue weighted by Gasteiger charge is 2.27.